The zero-order valence-electron chi connectivity index (χ0n) is 6.34. The van der Waals surface area contributed by atoms with Crippen molar-refractivity contribution in [1.82, 2.24) is 0 Å². The molecular formula is C8H13ClO. The van der Waals surface area contributed by atoms with E-state index in [0.717, 1.165) is 5.57 Å². The lowest BCUT2D eigenvalue weighted by Crippen LogP contribution is -1.87. The van der Waals surface area contributed by atoms with Crippen LogP contribution in [0.2, 0.25) is 0 Å². The van der Waals surface area contributed by atoms with Gasteiger partial charge in [-0.1, -0.05) is 18.2 Å². The van der Waals surface area contributed by atoms with E-state index in [1.54, 1.807) is 0 Å². The summed E-state index contributed by atoms with van der Waals surface area (Å²) in [6, 6.07) is 0. The third kappa shape index (κ3) is 4.59. The topological polar surface area (TPSA) is 20.2 Å². The van der Waals surface area contributed by atoms with Gasteiger partial charge in [-0.15, -0.1) is 11.6 Å². The molecule has 10 heavy (non-hydrogen) atoms. The Hall–Kier alpha value is -0.270. The van der Waals surface area contributed by atoms with E-state index in [-0.39, 0.29) is 12.0 Å². The molecular weight excluding hydrogens is 148 g/mol. The molecule has 0 rings (SSSR count). The predicted molar refractivity (Wildman–Crippen MR) is 45.3 cm³/mol. The van der Waals surface area contributed by atoms with Crippen LogP contribution >= 0.6 is 11.6 Å². The van der Waals surface area contributed by atoms with E-state index in [4.69, 9.17) is 16.7 Å². The van der Waals surface area contributed by atoms with Gasteiger partial charge in [0.1, 0.15) is 0 Å². The maximum absolute atomic E-state index is 8.68. The van der Waals surface area contributed by atoms with Crippen molar-refractivity contribution in [3.63, 3.8) is 0 Å². The third-order valence-electron chi connectivity index (χ3n) is 1.13. The van der Waals surface area contributed by atoms with Gasteiger partial charge >= 0.3 is 0 Å². The van der Waals surface area contributed by atoms with Crippen LogP contribution in [0.4, 0.5) is 0 Å². The first kappa shape index (κ1) is 9.73. The Bertz CT molecular complexity index is 136. The molecule has 1 N–H and O–H groups in total. The van der Waals surface area contributed by atoms with Crippen LogP contribution in [0, 0.1) is 0 Å². The lowest BCUT2D eigenvalue weighted by atomic mass is 10.2. The van der Waals surface area contributed by atoms with E-state index in [9.17, 15) is 0 Å². The normalized spacial score (nSPS) is 16.2. The van der Waals surface area contributed by atoms with Crippen molar-refractivity contribution in [2.75, 3.05) is 6.61 Å². The lowest BCUT2D eigenvalue weighted by molar-refractivity contribution is 0.335. The van der Waals surface area contributed by atoms with Gasteiger partial charge in [-0.3, -0.25) is 0 Å². The Labute approximate surface area is 67.0 Å². The highest BCUT2D eigenvalue weighted by atomic mass is 35.5. The maximum Gasteiger partial charge on any atom is 0.0678 e. The van der Waals surface area contributed by atoms with E-state index in [1.165, 1.54) is 0 Å². The van der Waals surface area contributed by atoms with Crippen LogP contribution in [0.25, 0.3) is 0 Å². The summed E-state index contributed by atoms with van der Waals surface area (Å²) in [4.78, 5) is 0. The van der Waals surface area contributed by atoms with Crippen LogP contribution in [0.1, 0.15) is 13.8 Å². The molecule has 0 unspecified atom stereocenters. The Morgan fingerprint density at radius 1 is 1.70 bits per heavy atom. The largest absolute Gasteiger partial charge is 0.392 e. The second kappa shape index (κ2) is 5.51. The van der Waals surface area contributed by atoms with Crippen LogP contribution in [0.3, 0.4) is 0 Å². The molecule has 1 atom stereocenters. The fraction of sp³-hybridized carbons (Fsp3) is 0.500. The fourth-order valence-electron chi connectivity index (χ4n) is 0.496. The highest BCUT2D eigenvalue weighted by molar-refractivity contribution is 6.21. The summed E-state index contributed by atoms with van der Waals surface area (Å²) in [6.45, 7) is 3.84. The predicted octanol–water partition coefficient (Wildman–Crippen LogP) is 2.11. The van der Waals surface area contributed by atoms with Gasteiger partial charge < -0.3 is 5.11 Å². The number of hydrogen-bond donors (Lipinski definition) is 1. The Kier molecular flexibility index (Phi) is 5.36. The zero-order valence-corrected chi connectivity index (χ0v) is 7.10. The number of aliphatic hydroxyl groups excluding tert-OH is 1. The van der Waals surface area contributed by atoms with Crippen molar-refractivity contribution >= 4 is 11.6 Å². The summed E-state index contributed by atoms with van der Waals surface area (Å²) in [5.41, 5.74) is 0.896. The quantitative estimate of drug-likeness (QED) is 0.495. The van der Waals surface area contributed by atoms with Gasteiger partial charge in [0.25, 0.3) is 0 Å². The van der Waals surface area contributed by atoms with Crippen LogP contribution in [0.15, 0.2) is 23.8 Å². The number of allylic oxidation sites excluding steroid dienone is 2. The summed E-state index contributed by atoms with van der Waals surface area (Å²) < 4.78 is 0. The van der Waals surface area contributed by atoms with Gasteiger partial charge in [0.05, 0.1) is 6.61 Å². The molecule has 1 nitrogen and oxygen atoms in total. The van der Waals surface area contributed by atoms with Crippen molar-refractivity contribution in [2.24, 2.45) is 0 Å². The Morgan fingerprint density at radius 2 is 2.30 bits per heavy atom. The van der Waals surface area contributed by atoms with Gasteiger partial charge in [-0.05, 0) is 19.4 Å². The lowest BCUT2D eigenvalue weighted by Gasteiger charge is -1.94. The third-order valence-corrected chi connectivity index (χ3v) is 1.27. The van der Waals surface area contributed by atoms with Gasteiger partial charge in [0.2, 0.25) is 0 Å². The van der Waals surface area contributed by atoms with E-state index in [1.807, 2.05) is 32.1 Å². The molecule has 0 amide bonds. The summed E-state index contributed by atoms with van der Waals surface area (Å²) in [7, 11) is 0. The summed E-state index contributed by atoms with van der Waals surface area (Å²) >= 11 is 5.64. The van der Waals surface area contributed by atoms with Gasteiger partial charge in [0.15, 0.2) is 0 Å². The highest BCUT2D eigenvalue weighted by Gasteiger charge is 1.88. The maximum atomic E-state index is 8.68. The van der Waals surface area contributed by atoms with E-state index >= 15 is 0 Å². The van der Waals surface area contributed by atoms with Crippen molar-refractivity contribution in [1.29, 1.82) is 0 Å². The number of rotatable bonds is 3. The summed E-state index contributed by atoms with van der Waals surface area (Å²) in [5, 5.41) is 8.71. The molecule has 2 heteroatoms. The monoisotopic (exact) mass is 160 g/mol. The van der Waals surface area contributed by atoms with Crippen LogP contribution < -0.4 is 0 Å². The second-order valence-electron chi connectivity index (χ2n) is 2.06. The summed E-state index contributed by atoms with van der Waals surface area (Å²) in [6.07, 6.45) is 5.53. The van der Waals surface area contributed by atoms with Gasteiger partial charge in [-0.25, -0.2) is 0 Å². The smallest absolute Gasteiger partial charge is 0.0678 e. The number of halogens is 1. The molecule has 0 aliphatic carbocycles. The van der Waals surface area contributed by atoms with E-state index in [2.05, 4.69) is 0 Å². The molecule has 0 aromatic carbocycles. The Morgan fingerprint density at radius 3 is 2.60 bits per heavy atom. The summed E-state index contributed by atoms with van der Waals surface area (Å²) in [5.74, 6) is 0. The first-order chi connectivity index (χ1) is 4.70. The molecule has 0 aromatic rings. The van der Waals surface area contributed by atoms with Crippen molar-refractivity contribution in [2.45, 2.75) is 19.2 Å². The standard InChI is InChI=1S/C8H13ClO/c1-3-8(6-10)5-4-7(2)9/h3-5,7,10H,6H2,1-2H3/b5-4-,8-3+/t7-/m0/s1. The van der Waals surface area contributed by atoms with Crippen LogP contribution in [-0.4, -0.2) is 17.1 Å². The number of alkyl halides is 1. The van der Waals surface area contributed by atoms with E-state index < -0.39 is 0 Å². The average molecular weight is 161 g/mol. The second-order valence-corrected chi connectivity index (χ2v) is 2.75. The van der Waals surface area contributed by atoms with Crippen LogP contribution in [-0.2, 0) is 0 Å². The number of hydrogen-bond acceptors (Lipinski definition) is 1. The van der Waals surface area contributed by atoms with Crippen molar-refractivity contribution in [3.05, 3.63) is 23.8 Å². The molecule has 0 aromatic heterocycles. The fourth-order valence-corrected chi connectivity index (χ4v) is 0.569. The molecule has 0 spiro atoms. The molecule has 0 aliphatic heterocycles. The van der Waals surface area contributed by atoms with Crippen LogP contribution in [0.5, 0.6) is 0 Å². The Balaban J connectivity index is 3.86. The first-order valence-electron chi connectivity index (χ1n) is 3.29. The van der Waals surface area contributed by atoms with Crippen molar-refractivity contribution in [3.8, 4) is 0 Å². The van der Waals surface area contributed by atoms with Crippen molar-refractivity contribution < 1.29 is 5.11 Å². The SMILES string of the molecule is C/C=C(\C=C/[C@H](C)Cl)CO. The number of aliphatic hydroxyl groups is 1. The molecule has 58 valence electrons. The molecule has 0 heterocycles. The molecule has 0 aliphatic rings. The molecule has 0 saturated heterocycles. The minimum absolute atomic E-state index is 0.0292. The first-order valence-corrected chi connectivity index (χ1v) is 3.72. The molecule has 0 bridgehead atoms. The minimum atomic E-state index is 0.0292. The molecule has 0 fully saturated rings. The average Bonchev–Trinajstić information content (AvgIpc) is 1.90. The van der Waals surface area contributed by atoms with E-state index in [0.29, 0.717) is 0 Å². The molecule has 0 saturated carbocycles. The zero-order chi connectivity index (χ0) is 7.98. The minimum Gasteiger partial charge on any atom is -0.392 e. The van der Waals surface area contributed by atoms with Gasteiger partial charge in [0, 0.05) is 5.38 Å². The highest BCUT2D eigenvalue weighted by Crippen LogP contribution is 2.00. The molecule has 0 radical (unpaired) electrons. The van der Waals surface area contributed by atoms with Gasteiger partial charge in [-0.2, -0.15) is 0 Å².